The van der Waals surface area contributed by atoms with E-state index in [9.17, 15) is 4.79 Å². The highest BCUT2D eigenvalue weighted by Crippen LogP contribution is 2.31. The SMILES string of the molecule is CCC1(C(=O)Nc2cccc(C3OCCO3)c2)CCNC1. The number of carbonyl (C=O) groups excluding carboxylic acids is 1. The Balaban J connectivity index is 1.72. The smallest absolute Gasteiger partial charge is 0.231 e. The molecular weight excluding hydrogens is 268 g/mol. The van der Waals surface area contributed by atoms with Crippen molar-refractivity contribution in [3.63, 3.8) is 0 Å². The van der Waals surface area contributed by atoms with Crippen LogP contribution < -0.4 is 10.6 Å². The predicted molar refractivity (Wildman–Crippen MR) is 79.9 cm³/mol. The van der Waals surface area contributed by atoms with E-state index in [0.29, 0.717) is 13.2 Å². The van der Waals surface area contributed by atoms with Crippen molar-refractivity contribution >= 4 is 11.6 Å². The number of amides is 1. The van der Waals surface area contributed by atoms with E-state index in [1.165, 1.54) is 0 Å². The highest BCUT2D eigenvalue weighted by Gasteiger charge is 2.39. The van der Waals surface area contributed by atoms with Crippen molar-refractivity contribution in [2.45, 2.75) is 26.1 Å². The topological polar surface area (TPSA) is 59.6 Å². The maximum absolute atomic E-state index is 12.6. The van der Waals surface area contributed by atoms with Gasteiger partial charge >= 0.3 is 0 Å². The van der Waals surface area contributed by atoms with Gasteiger partial charge in [-0.1, -0.05) is 19.1 Å². The number of ether oxygens (including phenoxy) is 2. The molecule has 2 aliphatic heterocycles. The normalized spacial score (nSPS) is 26.1. The van der Waals surface area contributed by atoms with Crippen molar-refractivity contribution in [3.05, 3.63) is 29.8 Å². The molecule has 0 spiro atoms. The maximum atomic E-state index is 12.6. The molecule has 0 bridgehead atoms. The summed E-state index contributed by atoms with van der Waals surface area (Å²) in [4.78, 5) is 12.6. The van der Waals surface area contributed by atoms with Gasteiger partial charge in [0, 0.05) is 17.8 Å². The number of hydrogen-bond donors (Lipinski definition) is 2. The summed E-state index contributed by atoms with van der Waals surface area (Å²) in [6.07, 6.45) is 1.43. The van der Waals surface area contributed by atoms with E-state index in [1.54, 1.807) is 0 Å². The summed E-state index contributed by atoms with van der Waals surface area (Å²) < 4.78 is 11.0. The lowest BCUT2D eigenvalue weighted by atomic mass is 9.83. The number of nitrogens with one attached hydrogen (secondary N) is 2. The predicted octanol–water partition coefficient (Wildman–Crippen LogP) is 2.06. The van der Waals surface area contributed by atoms with Gasteiger partial charge in [0.15, 0.2) is 6.29 Å². The fourth-order valence-electron chi connectivity index (χ4n) is 2.98. The van der Waals surface area contributed by atoms with Crippen LogP contribution in [0.4, 0.5) is 5.69 Å². The summed E-state index contributed by atoms with van der Waals surface area (Å²) in [7, 11) is 0. The van der Waals surface area contributed by atoms with Gasteiger partial charge in [0.25, 0.3) is 0 Å². The molecule has 2 saturated heterocycles. The Morgan fingerprint density at radius 1 is 1.43 bits per heavy atom. The molecule has 1 unspecified atom stereocenters. The molecule has 1 aromatic carbocycles. The van der Waals surface area contributed by atoms with Crippen LogP contribution in [0.5, 0.6) is 0 Å². The van der Waals surface area contributed by atoms with Crippen LogP contribution >= 0.6 is 0 Å². The van der Waals surface area contributed by atoms with Gasteiger partial charge in [-0.3, -0.25) is 4.79 Å². The number of benzene rings is 1. The second-order valence-corrected chi connectivity index (χ2v) is 5.71. The van der Waals surface area contributed by atoms with Gasteiger partial charge < -0.3 is 20.1 Å². The number of carbonyl (C=O) groups is 1. The van der Waals surface area contributed by atoms with E-state index in [2.05, 4.69) is 17.6 Å². The van der Waals surface area contributed by atoms with Crippen molar-refractivity contribution in [3.8, 4) is 0 Å². The van der Waals surface area contributed by atoms with E-state index in [1.807, 2.05) is 24.3 Å². The standard InChI is InChI=1S/C16H22N2O3/c1-2-16(6-7-17-11-16)15(19)18-13-5-3-4-12(10-13)14-20-8-9-21-14/h3-5,10,14,17H,2,6-9,11H2,1H3,(H,18,19). The van der Waals surface area contributed by atoms with E-state index in [0.717, 1.165) is 37.2 Å². The first-order valence-electron chi connectivity index (χ1n) is 7.59. The molecule has 0 radical (unpaired) electrons. The molecule has 5 heteroatoms. The third-order valence-electron chi connectivity index (χ3n) is 4.44. The fraction of sp³-hybridized carbons (Fsp3) is 0.562. The Labute approximate surface area is 125 Å². The van der Waals surface area contributed by atoms with Crippen LogP contribution in [0.15, 0.2) is 24.3 Å². The van der Waals surface area contributed by atoms with Crippen LogP contribution in [0.25, 0.3) is 0 Å². The molecule has 2 aliphatic rings. The molecule has 5 nitrogen and oxygen atoms in total. The van der Waals surface area contributed by atoms with Crippen LogP contribution in [0, 0.1) is 5.41 Å². The van der Waals surface area contributed by atoms with Crippen molar-refractivity contribution in [2.24, 2.45) is 5.41 Å². The van der Waals surface area contributed by atoms with Crippen LogP contribution in [-0.4, -0.2) is 32.2 Å². The van der Waals surface area contributed by atoms with Crippen LogP contribution in [0.3, 0.4) is 0 Å². The molecule has 1 aromatic rings. The lowest BCUT2D eigenvalue weighted by Gasteiger charge is -2.25. The van der Waals surface area contributed by atoms with Crippen LogP contribution in [0.2, 0.25) is 0 Å². The summed E-state index contributed by atoms with van der Waals surface area (Å²) in [6.45, 7) is 4.97. The maximum Gasteiger partial charge on any atom is 0.231 e. The molecule has 1 atom stereocenters. The first-order chi connectivity index (χ1) is 10.2. The Kier molecular flexibility index (Phi) is 4.24. The van der Waals surface area contributed by atoms with Crippen molar-refractivity contribution in [1.29, 1.82) is 0 Å². The van der Waals surface area contributed by atoms with Gasteiger partial charge in [0.2, 0.25) is 5.91 Å². The summed E-state index contributed by atoms with van der Waals surface area (Å²) in [5.74, 6) is 0.0976. The lowest BCUT2D eigenvalue weighted by Crippen LogP contribution is -2.37. The molecule has 0 aliphatic carbocycles. The van der Waals surface area contributed by atoms with Gasteiger partial charge in [-0.15, -0.1) is 0 Å². The van der Waals surface area contributed by atoms with Gasteiger partial charge in [-0.25, -0.2) is 0 Å². The van der Waals surface area contributed by atoms with Gasteiger partial charge in [0.1, 0.15) is 0 Å². The molecule has 3 rings (SSSR count). The second kappa shape index (κ2) is 6.13. The molecule has 0 aromatic heterocycles. The summed E-state index contributed by atoms with van der Waals surface area (Å²) in [6, 6.07) is 7.71. The average Bonchev–Trinajstić information content (AvgIpc) is 3.20. The Morgan fingerprint density at radius 2 is 2.24 bits per heavy atom. The molecule has 21 heavy (non-hydrogen) atoms. The number of anilines is 1. The minimum Gasteiger partial charge on any atom is -0.346 e. The summed E-state index contributed by atoms with van der Waals surface area (Å²) in [5, 5.41) is 6.34. The largest absolute Gasteiger partial charge is 0.346 e. The van der Waals surface area contributed by atoms with Crippen LogP contribution in [0.1, 0.15) is 31.6 Å². The van der Waals surface area contributed by atoms with Gasteiger partial charge in [0.05, 0.1) is 18.6 Å². The first kappa shape index (κ1) is 14.5. The molecule has 114 valence electrons. The first-order valence-corrected chi connectivity index (χ1v) is 7.59. The quantitative estimate of drug-likeness (QED) is 0.891. The summed E-state index contributed by atoms with van der Waals surface area (Å²) >= 11 is 0. The van der Waals surface area contributed by atoms with E-state index < -0.39 is 0 Å². The number of hydrogen-bond acceptors (Lipinski definition) is 4. The average molecular weight is 290 g/mol. The highest BCUT2D eigenvalue weighted by molar-refractivity contribution is 5.95. The molecular formula is C16H22N2O3. The molecule has 2 fully saturated rings. The Bertz CT molecular complexity index is 506. The lowest BCUT2D eigenvalue weighted by molar-refractivity contribution is -0.124. The molecule has 2 heterocycles. The number of rotatable bonds is 4. The minimum atomic E-state index is -0.310. The summed E-state index contributed by atoms with van der Waals surface area (Å²) in [5.41, 5.74) is 1.47. The zero-order chi connectivity index (χ0) is 14.7. The molecule has 1 amide bonds. The zero-order valence-electron chi connectivity index (χ0n) is 12.4. The molecule has 0 saturated carbocycles. The minimum absolute atomic E-state index is 0.0976. The van der Waals surface area contributed by atoms with Gasteiger partial charge in [-0.2, -0.15) is 0 Å². The Morgan fingerprint density at radius 3 is 2.90 bits per heavy atom. The fourth-order valence-corrected chi connectivity index (χ4v) is 2.98. The van der Waals surface area contributed by atoms with Crippen molar-refractivity contribution < 1.29 is 14.3 Å². The van der Waals surface area contributed by atoms with E-state index in [-0.39, 0.29) is 17.6 Å². The van der Waals surface area contributed by atoms with Crippen molar-refractivity contribution in [1.82, 2.24) is 5.32 Å². The van der Waals surface area contributed by atoms with E-state index in [4.69, 9.17) is 9.47 Å². The van der Waals surface area contributed by atoms with Crippen LogP contribution in [-0.2, 0) is 14.3 Å². The third kappa shape index (κ3) is 2.95. The zero-order valence-corrected chi connectivity index (χ0v) is 12.4. The highest BCUT2D eigenvalue weighted by atomic mass is 16.7. The second-order valence-electron chi connectivity index (χ2n) is 5.71. The third-order valence-corrected chi connectivity index (χ3v) is 4.44. The van der Waals surface area contributed by atoms with Crippen molar-refractivity contribution in [2.75, 3.05) is 31.6 Å². The van der Waals surface area contributed by atoms with E-state index >= 15 is 0 Å². The monoisotopic (exact) mass is 290 g/mol. The molecule has 2 N–H and O–H groups in total. The Hall–Kier alpha value is -1.43. The van der Waals surface area contributed by atoms with Gasteiger partial charge in [-0.05, 0) is 31.5 Å².